The summed E-state index contributed by atoms with van der Waals surface area (Å²) in [5.41, 5.74) is 0.395. The van der Waals surface area contributed by atoms with E-state index in [4.69, 9.17) is 29.2 Å². The minimum absolute atomic E-state index is 0.0718. The van der Waals surface area contributed by atoms with Crippen molar-refractivity contribution in [2.75, 3.05) is 7.11 Å². The largest absolute Gasteiger partial charge is 0.493 e. The highest BCUT2D eigenvalue weighted by atomic mass is 127. The predicted octanol–water partition coefficient (Wildman–Crippen LogP) is 5.24. The number of benzene rings is 1. The van der Waals surface area contributed by atoms with Crippen molar-refractivity contribution in [2.45, 2.75) is 0 Å². The Kier molecular flexibility index (Phi) is 5.48. The minimum atomic E-state index is -0.459. The molecule has 0 fully saturated rings. The first-order valence-electron chi connectivity index (χ1n) is 9.01. The van der Waals surface area contributed by atoms with Crippen molar-refractivity contribution in [3.63, 3.8) is 0 Å². The molecule has 0 bridgehead atoms. The van der Waals surface area contributed by atoms with Crippen molar-refractivity contribution < 1.29 is 17.0 Å². The van der Waals surface area contributed by atoms with Crippen LogP contribution >= 0.6 is 46.6 Å². The normalized spacial score (nSPS) is 11.1. The van der Waals surface area contributed by atoms with Gasteiger partial charge in [-0.15, -0.1) is 0 Å². The summed E-state index contributed by atoms with van der Waals surface area (Å²) in [7, 11) is 1.47. The van der Waals surface area contributed by atoms with E-state index in [1.807, 2.05) is 12.1 Å². The maximum Gasteiger partial charge on any atom is 0.290 e. The van der Waals surface area contributed by atoms with Gasteiger partial charge in [-0.2, -0.15) is 0 Å². The molecule has 0 radical (unpaired) electrons. The van der Waals surface area contributed by atoms with Gasteiger partial charge in [-0.1, -0.05) is 23.5 Å². The molecule has 12 heteroatoms. The molecular weight excluding hydrogens is 567 g/mol. The Morgan fingerprint density at radius 1 is 1.09 bits per heavy atom. The lowest BCUT2D eigenvalue weighted by molar-refractivity contribution is 0.404. The highest BCUT2D eigenvalue weighted by Crippen LogP contribution is 2.33. The molecule has 0 saturated carbocycles. The molecule has 0 spiro atoms. The van der Waals surface area contributed by atoms with E-state index in [9.17, 15) is 4.79 Å². The molecule has 0 aliphatic rings. The Morgan fingerprint density at radius 3 is 2.69 bits per heavy atom. The quantitative estimate of drug-likeness (QED) is 0.205. The molecule has 9 nitrogen and oxygen atoms in total. The van der Waals surface area contributed by atoms with Gasteiger partial charge < -0.3 is 17.0 Å². The summed E-state index contributed by atoms with van der Waals surface area (Å²) in [5.74, 6) is 1.82. The molecule has 1 aromatic carbocycles. The molecule has 0 atom stereocenters. The molecule has 0 aliphatic heterocycles. The van der Waals surface area contributed by atoms with Crippen LogP contribution in [0.3, 0.4) is 0 Å². The Balaban J connectivity index is 1.60. The lowest BCUT2D eigenvalue weighted by Crippen LogP contribution is -2.20. The minimum Gasteiger partial charge on any atom is -0.493 e. The zero-order valence-electron chi connectivity index (χ0n) is 16.1. The third-order valence-corrected chi connectivity index (χ3v) is 6.11. The second kappa shape index (κ2) is 8.44. The van der Waals surface area contributed by atoms with Crippen LogP contribution in [0.4, 0.5) is 0 Å². The van der Waals surface area contributed by atoms with Crippen LogP contribution in [0, 0.1) is 4.84 Å². The Labute approximate surface area is 202 Å². The maximum absolute atomic E-state index is 13.1. The van der Waals surface area contributed by atoms with E-state index < -0.39 is 5.56 Å². The number of hydrogen-bond acceptors (Lipinski definition) is 10. The molecular formula is C20H11IN4O5S2. The number of halogens is 1. The molecule has 160 valence electrons. The summed E-state index contributed by atoms with van der Waals surface area (Å²) < 4.78 is 23.2. The van der Waals surface area contributed by atoms with E-state index in [1.165, 1.54) is 29.2 Å². The van der Waals surface area contributed by atoms with Crippen molar-refractivity contribution in [1.29, 1.82) is 0 Å². The lowest BCUT2D eigenvalue weighted by Gasteiger charge is -2.07. The van der Waals surface area contributed by atoms with Crippen LogP contribution in [0.1, 0.15) is 0 Å². The SMILES string of the molecule is COc1ccnc2c(=O)n(-c3nc4ccc(Oc5ccccc5OI)nc4s3)c(=S)oc12. The van der Waals surface area contributed by atoms with Crippen LogP contribution in [0.2, 0.25) is 0 Å². The summed E-state index contributed by atoms with van der Waals surface area (Å²) in [4.78, 5) is 26.7. The van der Waals surface area contributed by atoms with E-state index in [0.717, 1.165) is 0 Å². The van der Waals surface area contributed by atoms with Crippen LogP contribution in [0.25, 0.3) is 26.6 Å². The first-order valence-corrected chi connectivity index (χ1v) is 11.1. The zero-order chi connectivity index (χ0) is 22.2. The predicted molar refractivity (Wildman–Crippen MR) is 129 cm³/mol. The molecule has 4 aromatic heterocycles. The molecule has 0 amide bonds. The first-order chi connectivity index (χ1) is 15.6. The Bertz CT molecular complexity index is 1600. The van der Waals surface area contributed by atoms with Gasteiger partial charge in [0.2, 0.25) is 16.6 Å². The average molecular weight is 578 g/mol. The van der Waals surface area contributed by atoms with Gasteiger partial charge in [0.25, 0.3) is 10.4 Å². The number of fused-ring (bicyclic) bond motifs is 2. The number of nitrogens with zero attached hydrogens (tertiary/aromatic N) is 4. The number of aromatic nitrogens is 4. The molecule has 4 heterocycles. The van der Waals surface area contributed by atoms with E-state index in [1.54, 1.807) is 53.3 Å². The van der Waals surface area contributed by atoms with Crippen LogP contribution in [0.15, 0.2) is 57.9 Å². The number of pyridine rings is 2. The summed E-state index contributed by atoms with van der Waals surface area (Å²) >= 11 is 8.28. The highest BCUT2D eigenvalue weighted by molar-refractivity contribution is 14.1. The standard InChI is InChI=1S/C20H11IN4O5S2/c1-27-13-8-9-22-15-16(13)29-20(31)25(18(15)26)19-23-10-6-7-14(24-17(10)32-19)28-11-4-2-3-5-12(11)30-21/h2-9H,1H3. The molecule has 0 saturated heterocycles. The van der Waals surface area contributed by atoms with Gasteiger partial charge in [-0.25, -0.2) is 19.5 Å². The molecule has 0 aliphatic carbocycles. The molecule has 5 rings (SSSR count). The number of hydrogen-bond donors (Lipinski definition) is 0. The van der Waals surface area contributed by atoms with E-state index in [2.05, 4.69) is 15.0 Å². The fourth-order valence-corrected chi connectivity index (χ4v) is 4.58. The third kappa shape index (κ3) is 3.59. The first kappa shape index (κ1) is 20.8. The fourth-order valence-electron chi connectivity index (χ4n) is 2.98. The summed E-state index contributed by atoms with van der Waals surface area (Å²) in [6.45, 7) is 0. The summed E-state index contributed by atoms with van der Waals surface area (Å²) in [6.07, 6.45) is 1.46. The van der Waals surface area contributed by atoms with E-state index in [0.29, 0.717) is 38.6 Å². The van der Waals surface area contributed by atoms with Gasteiger partial charge in [0.05, 0.1) is 7.11 Å². The maximum atomic E-state index is 13.1. The monoisotopic (exact) mass is 578 g/mol. The van der Waals surface area contributed by atoms with Gasteiger partial charge in [-0.3, -0.25) is 4.79 Å². The number of rotatable bonds is 5. The van der Waals surface area contributed by atoms with Gasteiger partial charge >= 0.3 is 0 Å². The van der Waals surface area contributed by atoms with Crippen molar-refractivity contribution >= 4 is 68.0 Å². The van der Waals surface area contributed by atoms with Gasteiger partial charge in [-0.05, 0) is 30.4 Å². The Hall–Kier alpha value is -3.10. The Morgan fingerprint density at radius 2 is 1.91 bits per heavy atom. The van der Waals surface area contributed by atoms with Gasteiger partial charge in [0.1, 0.15) is 10.3 Å². The van der Waals surface area contributed by atoms with Crippen LogP contribution in [-0.4, -0.2) is 26.6 Å². The van der Waals surface area contributed by atoms with Crippen molar-refractivity contribution in [3.8, 4) is 28.3 Å². The van der Waals surface area contributed by atoms with Crippen LogP contribution < -0.4 is 18.1 Å². The molecule has 0 N–H and O–H groups in total. The second-order valence-corrected chi connectivity index (χ2v) is 8.04. The molecule has 32 heavy (non-hydrogen) atoms. The zero-order valence-corrected chi connectivity index (χ0v) is 19.9. The second-order valence-electron chi connectivity index (χ2n) is 6.30. The van der Waals surface area contributed by atoms with Gasteiger partial charge in [0.15, 0.2) is 45.8 Å². The van der Waals surface area contributed by atoms with Crippen LogP contribution in [0.5, 0.6) is 23.1 Å². The van der Waals surface area contributed by atoms with E-state index in [-0.39, 0.29) is 15.9 Å². The molecule has 5 aromatic rings. The highest BCUT2D eigenvalue weighted by Gasteiger charge is 2.18. The van der Waals surface area contributed by atoms with Crippen molar-refractivity contribution in [3.05, 3.63) is 63.9 Å². The number of thiazole rings is 1. The van der Waals surface area contributed by atoms with E-state index >= 15 is 0 Å². The summed E-state index contributed by atoms with van der Waals surface area (Å²) in [6, 6.07) is 12.3. The van der Waals surface area contributed by atoms with Gasteiger partial charge in [0, 0.05) is 18.3 Å². The van der Waals surface area contributed by atoms with Crippen molar-refractivity contribution in [2.24, 2.45) is 0 Å². The molecule has 0 unspecified atom stereocenters. The lowest BCUT2D eigenvalue weighted by atomic mass is 10.3. The topological polar surface area (TPSA) is 102 Å². The number of para-hydroxylation sites is 2. The fraction of sp³-hybridized carbons (Fsp3) is 0.0500. The summed E-state index contributed by atoms with van der Waals surface area (Å²) in [5, 5.41) is 0.311. The number of methoxy groups -OCH3 is 1. The third-order valence-electron chi connectivity index (χ3n) is 4.42. The smallest absolute Gasteiger partial charge is 0.290 e. The van der Waals surface area contributed by atoms with Crippen molar-refractivity contribution in [1.82, 2.24) is 19.5 Å². The average Bonchev–Trinajstić information content (AvgIpc) is 3.22. The number of ether oxygens (including phenoxy) is 2. The van der Waals surface area contributed by atoms with Crippen LogP contribution in [-0.2, 0) is 0 Å².